The number of hydrogen-bond donors (Lipinski definition) is 1. The second-order valence-corrected chi connectivity index (χ2v) is 9.11. The number of methoxy groups -OCH3 is 1. The van der Waals surface area contributed by atoms with Crippen molar-refractivity contribution < 1.29 is 27.4 Å². The number of fused-ring (bicyclic) bond motifs is 1. The highest BCUT2D eigenvalue weighted by Crippen LogP contribution is 2.41. The molecule has 0 spiro atoms. The Hall–Kier alpha value is -2.78. The van der Waals surface area contributed by atoms with Gasteiger partial charge in [-0.15, -0.1) is 0 Å². The van der Waals surface area contributed by atoms with Crippen LogP contribution < -0.4 is 19.5 Å². The van der Waals surface area contributed by atoms with Crippen molar-refractivity contribution >= 4 is 21.6 Å². The molecule has 8 nitrogen and oxygen atoms in total. The second-order valence-electron chi connectivity index (χ2n) is 7.22. The summed E-state index contributed by atoms with van der Waals surface area (Å²) in [7, 11) is -2.32. The zero-order chi connectivity index (χ0) is 21.3. The Morgan fingerprint density at radius 1 is 1.13 bits per heavy atom. The lowest BCUT2D eigenvalue weighted by atomic mass is 10.0. The maximum absolute atomic E-state index is 13.5. The van der Waals surface area contributed by atoms with Crippen LogP contribution in [0.25, 0.3) is 0 Å². The van der Waals surface area contributed by atoms with Crippen LogP contribution in [-0.2, 0) is 14.8 Å². The van der Waals surface area contributed by atoms with Gasteiger partial charge in [-0.25, -0.2) is 8.42 Å². The van der Waals surface area contributed by atoms with Crippen molar-refractivity contribution in [2.24, 2.45) is 0 Å². The molecular weight excluding hydrogens is 408 g/mol. The zero-order valence-electron chi connectivity index (χ0n) is 16.9. The van der Waals surface area contributed by atoms with E-state index in [9.17, 15) is 13.2 Å². The number of nitrogens with one attached hydrogen (secondary N) is 1. The van der Waals surface area contributed by atoms with Gasteiger partial charge in [-0.05, 0) is 48.7 Å². The van der Waals surface area contributed by atoms with Crippen molar-refractivity contribution in [3.8, 4) is 17.2 Å². The van der Waals surface area contributed by atoms with Gasteiger partial charge in [0.25, 0.3) is 0 Å². The van der Waals surface area contributed by atoms with Crippen LogP contribution in [0.15, 0.2) is 41.3 Å². The van der Waals surface area contributed by atoms with E-state index in [4.69, 9.17) is 14.2 Å². The fourth-order valence-electron chi connectivity index (χ4n) is 3.90. The van der Waals surface area contributed by atoms with Gasteiger partial charge in [-0.2, -0.15) is 4.31 Å². The van der Waals surface area contributed by atoms with Crippen molar-refractivity contribution in [3.63, 3.8) is 0 Å². The van der Waals surface area contributed by atoms with Crippen LogP contribution in [0.3, 0.4) is 0 Å². The molecule has 2 aliphatic rings. The molecule has 0 radical (unpaired) electrons. The number of amides is 1. The largest absolute Gasteiger partial charge is 0.495 e. The standard InChI is InChI=1S/C21H24N2O6S/c1-14(24)22-17-13-16(6-8-19(17)27-2)30(25,26)23-9-3-4-18(23)15-5-7-20-21(12-15)29-11-10-28-20/h5-8,12-13,18H,3-4,9-11H2,1-2H3,(H,22,24)/t18-/m1/s1. The van der Waals surface area contributed by atoms with Crippen LogP contribution >= 0.6 is 0 Å². The number of hydrogen-bond acceptors (Lipinski definition) is 6. The van der Waals surface area contributed by atoms with Crippen LogP contribution in [0.5, 0.6) is 17.2 Å². The lowest BCUT2D eigenvalue weighted by Gasteiger charge is -2.26. The average Bonchev–Trinajstić information content (AvgIpc) is 3.24. The highest BCUT2D eigenvalue weighted by molar-refractivity contribution is 7.89. The van der Waals surface area contributed by atoms with E-state index in [0.717, 1.165) is 12.0 Å². The van der Waals surface area contributed by atoms with Crippen molar-refractivity contribution in [1.29, 1.82) is 0 Å². The lowest BCUT2D eigenvalue weighted by Crippen LogP contribution is -2.31. The molecule has 1 amide bonds. The monoisotopic (exact) mass is 432 g/mol. The van der Waals surface area contributed by atoms with Crippen LogP contribution in [0.4, 0.5) is 5.69 Å². The van der Waals surface area contributed by atoms with Crippen LogP contribution in [0.2, 0.25) is 0 Å². The Labute approximate surface area is 175 Å². The van der Waals surface area contributed by atoms with E-state index < -0.39 is 10.0 Å². The number of carbonyl (C=O) groups excluding carboxylic acids is 1. The van der Waals surface area contributed by atoms with Crippen molar-refractivity contribution in [2.45, 2.75) is 30.7 Å². The van der Waals surface area contributed by atoms with E-state index in [0.29, 0.717) is 49.1 Å². The molecule has 2 heterocycles. The third kappa shape index (κ3) is 3.82. The first-order chi connectivity index (χ1) is 14.4. The highest BCUT2D eigenvalue weighted by atomic mass is 32.2. The molecule has 0 bridgehead atoms. The van der Waals surface area contributed by atoms with E-state index in [1.165, 1.54) is 30.5 Å². The summed E-state index contributed by atoms with van der Waals surface area (Å²) in [6.07, 6.45) is 1.47. The number of sulfonamides is 1. The molecule has 160 valence electrons. The molecule has 2 aliphatic heterocycles. The van der Waals surface area contributed by atoms with Gasteiger partial charge in [0.05, 0.1) is 23.7 Å². The Morgan fingerprint density at radius 2 is 1.90 bits per heavy atom. The fraction of sp³-hybridized carbons (Fsp3) is 0.381. The summed E-state index contributed by atoms with van der Waals surface area (Å²) < 4.78 is 44.9. The number of rotatable bonds is 5. The molecule has 1 fully saturated rings. The maximum Gasteiger partial charge on any atom is 0.243 e. The van der Waals surface area contributed by atoms with Crippen LogP contribution in [-0.4, -0.2) is 45.5 Å². The minimum atomic E-state index is -3.79. The topological polar surface area (TPSA) is 94.2 Å². The normalized spacial score (nSPS) is 18.8. The molecular formula is C21H24N2O6S. The van der Waals surface area contributed by atoms with E-state index in [1.54, 1.807) is 6.07 Å². The van der Waals surface area contributed by atoms with Gasteiger partial charge in [0, 0.05) is 13.5 Å². The van der Waals surface area contributed by atoms with E-state index in [2.05, 4.69) is 5.32 Å². The zero-order valence-corrected chi connectivity index (χ0v) is 17.7. The summed E-state index contributed by atoms with van der Waals surface area (Å²) in [4.78, 5) is 11.6. The Bertz CT molecular complexity index is 1070. The molecule has 0 aromatic heterocycles. The number of benzene rings is 2. The minimum absolute atomic E-state index is 0.108. The molecule has 4 rings (SSSR count). The third-order valence-electron chi connectivity index (χ3n) is 5.24. The molecule has 1 atom stereocenters. The predicted octanol–water partition coefficient (Wildman–Crippen LogP) is 2.95. The van der Waals surface area contributed by atoms with Crippen LogP contribution in [0, 0.1) is 0 Å². The number of carbonyl (C=O) groups is 1. The molecule has 2 aromatic carbocycles. The summed E-state index contributed by atoms with van der Waals surface area (Å²) in [5.41, 5.74) is 1.19. The molecule has 2 aromatic rings. The SMILES string of the molecule is COc1ccc(S(=O)(=O)N2CCC[C@@H]2c2ccc3c(c2)OCCO3)cc1NC(C)=O. The third-order valence-corrected chi connectivity index (χ3v) is 7.15. The second kappa shape index (κ2) is 8.16. The van der Waals surface area contributed by atoms with Gasteiger partial charge in [0.1, 0.15) is 19.0 Å². The summed E-state index contributed by atoms with van der Waals surface area (Å²) in [6, 6.07) is 9.78. The Kier molecular flexibility index (Phi) is 5.57. The summed E-state index contributed by atoms with van der Waals surface area (Å²) in [6.45, 7) is 2.76. The predicted molar refractivity (Wildman–Crippen MR) is 111 cm³/mol. The Morgan fingerprint density at radius 3 is 2.63 bits per heavy atom. The minimum Gasteiger partial charge on any atom is -0.495 e. The summed E-state index contributed by atoms with van der Waals surface area (Å²) >= 11 is 0. The molecule has 30 heavy (non-hydrogen) atoms. The van der Waals surface area contributed by atoms with Gasteiger partial charge in [-0.3, -0.25) is 4.79 Å². The van der Waals surface area contributed by atoms with Crippen LogP contribution in [0.1, 0.15) is 31.4 Å². The number of nitrogens with zero attached hydrogens (tertiary/aromatic N) is 1. The van der Waals surface area contributed by atoms with Gasteiger partial charge >= 0.3 is 0 Å². The number of anilines is 1. The van der Waals surface area contributed by atoms with Crippen molar-refractivity contribution in [3.05, 3.63) is 42.0 Å². The first-order valence-corrected chi connectivity index (χ1v) is 11.2. The summed E-state index contributed by atoms with van der Waals surface area (Å²) in [5.74, 6) is 1.40. The molecule has 0 unspecified atom stereocenters. The first kappa shape index (κ1) is 20.5. The maximum atomic E-state index is 13.5. The smallest absolute Gasteiger partial charge is 0.243 e. The van der Waals surface area contributed by atoms with E-state index in [-0.39, 0.29) is 16.8 Å². The molecule has 1 saturated heterocycles. The Balaban J connectivity index is 1.67. The highest BCUT2D eigenvalue weighted by Gasteiger charge is 2.37. The van der Waals surface area contributed by atoms with E-state index >= 15 is 0 Å². The molecule has 1 N–H and O–H groups in total. The average molecular weight is 432 g/mol. The van der Waals surface area contributed by atoms with Crippen molar-refractivity contribution in [1.82, 2.24) is 4.31 Å². The lowest BCUT2D eigenvalue weighted by molar-refractivity contribution is -0.114. The molecule has 0 aliphatic carbocycles. The van der Waals surface area contributed by atoms with Gasteiger partial charge in [-0.1, -0.05) is 6.07 Å². The van der Waals surface area contributed by atoms with E-state index in [1.807, 2.05) is 18.2 Å². The number of ether oxygens (including phenoxy) is 3. The van der Waals surface area contributed by atoms with Gasteiger partial charge < -0.3 is 19.5 Å². The molecule has 0 saturated carbocycles. The van der Waals surface area contributed by atoms with Gasteiger partial charge in [0.15, 0.2) is 11.5 Å². The quantitative estimate of drug-likeness (QED) is 0.781. The first-order valence-electron chi connectivity index (χ1n) is 9.77. The fourth-order valence-corrected chi connectivity index (χ4v) is 5.61. The van der Waals surface area contributed by atoms with Crippen molar-refractivity contribution in [2.75, 3.05) is 32.2 Å². The summed E-state index contributed by atoms with van der Waals surface area (Å²) in [5, 5.41) is 2.63. The van der Waals surface area contributed by atoms with Gasteiger partial charge in [0.2, 0.25) is 15.9 Å². The molecule has 9 heteroatoms.